The van der Waals surface area contributed by atoms with Crippen LogP contribution in [0.15, 0.2) is 206 Å². The SMILES string of the molecule is [C-]#[N+]C(C#N)=C1c2ccccc2C2(c3ccccc31)c1ccccc1N(c1cccc(-c3cc(-c4ccccc4)cc(-c4ccccc4)c3)c1)c1ccccc12. The second-order valence-electron chi connectivity index (χ2n) is 14.2. The molecule has 1 heterocycles. The van der Waals surface area contributed by atoms with Crippen LogP contribution in [-0.2, 0) is 5.41 Å². The molecule has 56 heavy (non-hydrogen) atoms. The van der Waals surface area contributed by atoms with Gasteiger partial charge in [0.05, 0.1) is 29.4 Å². The van der Waals surface area contributed by atoms with Gasteiger partial charge in [-0.05, 0) is 109 Å². The monoisotopic (exact) mass is 711 g/mol. The molecule has 3 heteroatoms. The highest BCUT2D eigenvalue weighted by Gasteiger charge is 2.51. The standard InChI is InChI=1S/C53H33N3/c1-55-49(35-54)52-43-23-8-10-25-45(43)53(46-26-11-9-24-44(46)52)47-27-12-14-29-50(47)56(51-30-15-13-28-48(51)53)42-22-16-21-38(34-42)41-32-39(36-17-4-2-5-18-36)31-40(33-41)37-19-6-3-7-20-37/h2-34H. The van der Waals surface area contributed by atoms with E-state index in [1.165, 1.54) is 22.3 Å². The van der Waals surface area contributed by atoms with Crippen LogP contribution in [0.5, 0.6) is 0 Å². The van der Waals surface area contributed by atoms with Crippen LogP contribution in [0.4, 0.5) is 17.1 Å². The lowest BCUT2D eigenvalue weighted by Gasteiger charge is -2.49. The number of para-hydroxylation sites is 2. The van der Waals surface area contributed by atoms with E-state index in [9.17, 15) is 5.26 Å². The first-order valence-corrected chi connectivity index (χ1v) is 18.8. The molecule has 260 valence electrons. The van der Waals surface area contributed by atoms with Crippen LogP contribution < -0.4 is 4.90 Å². The highest BCUT2D eigenvalue weighted by molar-refractivity contribution is 5.98. The van der Waals surface area contributed by atoms with Crippen molar-refractivity contribution in [3.8, 4) is 39.4 Å². The Bertz CT molecular complexity index is 2770. The molecule has 0 radical (unpaired) electrons. The summed E-state index contributed by atoms with van der Waals surface area (Å²) >= 11 is 0. The van der Waals surface area contributed by atoms with Crippen LogP contribution in [0.3, 0.4) is 0 Å². The summed E-state index contributed by atoms with van der Waals surface area (Å²) in [5, 5.41) is 10.2. The van der Waals surface area contributed by atoms with Crippen molar-refractivity contribution in [1.29, 1.82) is 5.26 Å². The van der Waals surface area contributed by atoms with Crippen molar-refractivity contribution in [3.63, 3.8) is 0 Å². The molecule has 1 spiro atoms. The summed E-state index contributed by atoms with van der Waals surface area (Å²) in [6.07, 6.45) is 0. The zero-order valence-corrected chi connectivity index (χ0v) is 30.4. The first-order valence-electron chi connectivity index (χ1n) is 18.8. The maximum Gasteiger partial charge on any atom is 0.270 e. The summed E-state index contributed by atoms with van der Waals surface area (Å²) in [5.41, 5.74) is 16.5. The third-order valence-corrected chi connectivity index (χ3v) is 11.3. The van der Waals surface area contributed by atoms with Crippen LogP contribution in [0.2, 0.25) is 0 Å². The lowest BCUT2D eigenvalue weighted by molar-refractivity contribution is 0.718. The van der Waals surface area contributed by atoms with E-state index in [2.05, 4.69) is 204 Å². The van der Waals surface area contributed by atoms with Crippen LogP contribution in [0.1, 0.15) is 33.4 Å². The van der Waals surface area contributed by atoms with E-state index < -0.39 is 5.41 Å². The number of anilines is 3. The molecule has 0 unspecified atom stereocenters. The van der Waals surface area contributed by atoms with E-state index in [4.69, 9.17) is 6.57 Å². The number of hydrogen-bond donors (Lipinski definition) is 0. The smallest absolute Gasteiger partial charge is 0.270 e. The molecular formula is C53H33N3. The van der Waals surface area contributed by atoms with Gasteiger partial charge in [-0.2, -0.15) is 0 Å². The van der Waals surface area contributed by atoms with Crippen molar-refractivity contribution in [2.75, 3.05) is 4.90 Å². The van der Waals surface area contributed by atoms with Crippen LogP contribution in [0, 0.1) is 17.9 Å². The Labute approximate surface area is 327 Å². The Balaban J connectivity index is 1.21. The Morgan fingerprint density at radius 1 is 0.446 bits per heavy atom. The van der Waals surface area contributed by atoms with Crippen LogP contribution in [0.25, 0.3) is 43.8 Å². The molecule has 0 bridgehead atoms. The molecule has 0 saturated heterocycles. The minimum atomic E-state index is -0.713. The van der Waals surface area contributed by atoms with Gasteiger partial charge in [-0.15, -0.1) is 0 Å². The summed E-state index contributed by atoms with van der Waals surface area (Å²) in [6.45, 7) is 8.00. The average molecular weight is 712 g/mol. The molecular weight excluding hydrogens is 679 g/mol. The van der Waals surface area contributed by atoms with Gasteiger partial charge < -0.3 is 4.90 Å². The van der Waals surface area contributed by atoms with Crippen LogP contribution >= 0.6 is 0 Å². The second kappa shape index (κ2) is 13.3. The van der Waals surface area contributed by atoms with Crippen LogP contribution in [-0.4, -0.2) is 0 Å². The first-order chi connectivity index (χ1) is 27.7. The third kappa shape index (κ3) is 4.96. The van der Waals surface area contributed by atoms with E-state index in [1.807, 2.05) is 12.1 Å². The van der Waals surface area contributed by atoms with Gasteiger partial charge in [0.15, 0.2) is 0 Å². The fraction of sp³-hybridized carbons (Fsp3) is 0.0189. The molecule has 3 nitrogen and oxygen atoms in total. The van der Waals surface area contributed by atoms with Gasteiger partial charge in [-0.3, -0.25) is 0 Å². The Morgan fingerprint density at radius 2 is 0.875 bits per heavy atom. The molecule has 0 N–H and O–H groups in total. The van der Waals surface area contributed by atoms with E-state index in [-0.39, 0.29) is 5.70 Å². The number of hydrogen-bond acceptors (Lipinski definition) is 2. The lowest BCUT2D eigenvalue weighted by atomic mass is 9.57. The number of nitrogens with zero attached hydrogens (tertiary/aromatic N) is 3. The van der Waals surface area contributed by atoms with E-state index >= 15 is 0 Å². The molecule has 8 aromatic carbocycles. The zero-order valence-electron chi connectivity index (χ0n) is 30.4. The highest BCUT2D eigenvalue weighted by atomic mass is 15.2. The van der Waals surface area contributed by atoms with Crippen molar-refractivity contribution in [3.05, 3.63) is 251 Å². The quantitative estimate of drug-likeness (QED) is 0.134. The fourth-order valence-corrected chi connectivity index (χ4v) is 9.06. The second-order valence-corrected chi connectivity index (χ2v) is 14.2. The Hall–Kier alpha value is -7.72. The van der Waals surface area contributed by atoms with Crippen molar-refractivity contribution in [2.45, 2.75) is 5.41 Å². The minimum absolute atomic E-state index is 0.0994. The topological polar surface area (TPSA) is 31.4 Å². The predicted molar refractivity (Wildman–Crippen MR) is 228 cm³/mol. The van der Waals surface area contributed by atoms with Gasteiger partial charge in [0.1, 0.15) is 0 Å². The molecule has 10 rings (SSSR count). The molecule has 0 aromatic heterocycles. The number of benzene rings is 8. The Morgan fingerprint density at radius 3 is 1.38 bits per heavy atom. The van der Waals surface area contributed by atoms with Gasteiger partial charge >= 0.3 is 0 Å². The van der Waals surface area contributed by atoms with Gasteiger partial charge in [0.25, 0.3) is 5.70 Å². The molecule has 1 aliphatic heterocycles. The van der Waals surface area contributed by atoms with E-state index in [0.717, 1.165) is 61.6 Å². The molecule has 8 aromatic rings. The molecule has 0 amide bonds. The van der Waals surface area contributed by atoms with E-state index in [1.54, 1.807) is 0 Å². The maximum absolute atomic E-state index is 10.2. The summed E-state index contributed by atoms with van der Waals surface area (Å²) in [6, 6.07) is 73.2. The zero-order chi connectivity index (χ0) is 37.6. The molecule has 2 aliphatic rings. The maximum atomic E-state index is 10.2. The molecule has 0 fully saturated rings. The van der Waals surface area contributed by atoms with Gasteiger partial charge in [-0.1, -0.05) is 158 Å². The first kappa shape index (κ1) is 32.9. The van der Waals surface area contributed by atoms with Crippen molar-refractivity contribution in [1.82, 2.24) is 0 Å². The summed E-state index contributed by atoms with van der Waals surface area (Å²) in [5.74, 6) is 0. The predicted octanol–water partition coefficient (Wildman–Crippen LogP) is 13.4. The largest absolute Gasteiger partial charge is 0.310 e. The van der Waals surface area contributed by atoms with Crippen molar-refractivity contribution < 1.29 is 0 Å². The summed E-state index contributed by atoms with van der Waals surface area (Å²) in [7, 11) is 0. The van der Waals surface area contributed by atoms with Crippen molar-refractivity contribution >= 4 is 22.6 Å². The lowest BCUT2D eigenvalue weighted by Crippen LogP contribution is -2.40. The third-order valence-electron chi connectivity index (χ3n) is 11.3. The minimum Gasteiger partial charge on any atom is -0.310 e. The summed E-state index contributed by atoms with van der Waals surface area (Å²) < 4.78 is 0. The molecule has 1 aliphatic carbocycles. The highest BCUT2D eigenvalue weighted by Crippen LogP contribution is 2.62. The van der Waals surface area contributed by atoms with Gasteiger partial charge in [-0.25, -0.2) is 10.1 Å². The van der Waals surface area contributed by atoms with Gasteiger partial charge in [0.2, 0.25) is 0 Å². The summed E-state index contributed by atoms with van der Waals surface area (Å²) in [4.78, 5) is 6.14. The van der Waals surface area contributed by atoms with E-state index in [0.29, 0.717) is 5.57 Å². The number of fused-ring (bicyclic) bond motifs is 8. The normalized spacial score (nSPS) is 13.0. The molecule has 0 atom stereocenters. The van der Waals surface area contributed by atoms with Gasteiger partial charge in [0, 0.05) is 11.3 Å². The van der Waals surface area contributed by atoms with Crippen molar-refractivity contribution in [2.24, 2.45) is 0 Å². The average Bonchev–Trinajstić information content (AvgIpc) is 3.28. The molecule has 0 saturated carbocycles. The number of rotatable bonds is 4. The number of nitriles is 1. The number of allylic oxidation sites excluding steroid dienone is 1. The fourth-order valence-electron chi connectivity index (χ4n) is 9.06. The Kier molecular flexibility index (Phi) is 7.81.